The molecule has 1 aromatic carbocycles. The van der Waals surface area contributed by atoms with Crippen molar-refractivity contribution in [2.45, 2.75) is 59.1 Å². The highest BCUT2D eigenvalue weighted by molar-refractivity contribution is 5.39. The van der Waals surface area contributed by atoms with Gasteiger partial charge in [0.25, 0.3) is 0 Å². The van der Waals surface area contributed by atoms with Gasteiger partial charge in [0.15, 0.2) is 0 Å². The van der Waals surface area contributed by atoms with Crippen molar-refractivity contribution < 1.29 is 4.74 Å². The molecule has 0 bridgehead atoms. The third-order valence-electron chi connectivity index (χ3n) is 4.08. The first kappa shape index (κ1) is 14.4. The fraction of sp³-hybridized carbons (Fsp3) is 0.647. The highest BCUT2D eigenvalue weighted by Gasteiger charge is 2.26. The van der Waals surface area contributed by atoms with Crippen molar-refractivity contribution in [1.29, 1.82) is 0 Å². The van der Waals surface area contributed by atoms with Crippen LogP contribution in [0.5, 0.6) is 5.75 Å². The van der Waals surface area contributed by atoms with E-state index in [0.717, 1.165) is 36.0 Å². The lowest BCUT2D eigenvalue weighted by atomic mass is 9.82. The molecule has 1 aliphatic rings. The first-order valence-corrected chi connectivity index (χ1v) is 7.48. The summed E-state index contributed by atoms with van der Waals surface area (Å²) in [6.45, 7) is 8.77. The molecule has 2 nitrogen and oxygen atoms in total. The van der Waals surface area contributed by atoms with E-state index in [0.29, 0.717) is 6.10 Å². The van der Waals surface area contributed by atoms with E-state index in [1.165, 1.54) is 12.0 Å². The number of hydrogen-bond donors (Lipinski definition) is 1. The third-order valence-corrected chi connectivity index (χ3v) is 4.08. The largest absolute Gasteiger partial charge is 0.490 e. The summed E-state index contributed by atoms with van der Waals surface area (Å²) in [6, 6.07) is 6.36. The second-order valence-corrected chi connectivity index (χ2v) is 6.49. The molecule has 1 aliphatic carbocycles. The molecule has 0 radical (unpaired) electrons. The van der Waals surface area contributed by atoms with Gasteiger partial charge in [-0.3, -0.25) is 0 Å². The van der Waals surface area contributed by atoms with Gasteiger partial charge in [-0.2, -0.15) is 0 Å². The average Bonchev–Trinajstić information content (AvgIpc) is 2.30. The zero-order valence-electron chi connectivity index (χ0n) is 12.6. The summed E-state index contributed by atoms with van der Waals surface area (Å²) < 4.78 is 6.26. The Bertz CT molecular complexity index is 417. The Kier molecular flexibility index (Phi) is 4.51. The van der Waals surface area contributed by atoms with Crippen LogP contribution in [0, 0.1) is 18.8 Å². The summed E-state index contributed by atoms with van der Waals surface area (Å²) in [5.41, 5.74) is 8.43. The van der Waals surface area contributed by atoms with Gasteiger partial charge in [0.05, 0.1) is 6.10 Å². The molecule has 0 aromatic heterocycles. The normalized spacial score (nSPS) is 29.0. The molecule has 2 N–H and O–H groups in total. The third kappa shape index (κ3) is 3.73. The van der Waals surface area contributed by atoms with Gasteiger partial charge < -0.3 is 10.5 Å². The Labute approximate surface area is 117 Å². The Morgan fingerprint density at radius 2 is 1.79 bits per heavy atom. The predicted molar refractivity (Wildman–Crippen MR) is 80.4 cm³/mol. The van der Waals surface area contributed by atoms with Crippen LogP contribution < -0.4 is 10.5 Å². The maximum absolute atomic E-state index is 6.26. The highest BCUT2D eigenvalue weighted by atomic mass is 16.5. The topological polar surface area (TPSA) is 35.2 Å². The Hall–Kier alpha value is -1.02. The first-order valence-electron chi connectivity index (χ1n) is 7.48. The fourth-order valence-electron chi connectivity index (χ4n) is 3.28. The Morgan fingerprint density at radius 1 is 1.16 bits per heavy atom. The maximum Gasteiger partial charge on any atom is 0.124 e. The zero-order chi connectivity index (χ0) is 14.0. The van der Waals surface area contributed by atoms with Crippen molar-refractivity contribution in [2.24, 2.45) is 17.6 Å². The van der Waals surface area contributed by atoms with Gasteiger partial charge in [-0.15, -0.1) is 0 Å². The van der Waals surface area contributed by atoms with E-state index in [-0.39, 0.29) is 6.04 Å². The van der Waals surface area contributed by atoms with Crippen molar-refractivity contribution in [3.8, 4) is 5.75 Å². The second kappa shape index (κ2) is 5.96. The minimum atomic E-state index is 0.0216. The van der Waals surface area contributed by atoms with Crippen LogP contribution in [0.4, 0.5) is 0 Å². The molecular formula is C17H27NO. The number of rotatable bonds is 3. The van der Waals surface area contributed by atoms with Crippen LogP contribution in [-0.4, -0.2) is 6.10 Å². The molecule has 0 saturated heterocycles. The van der Waals surface area contributed by atoms with E-state index >= 15 is 0 Å². The molecule has 1 fully saturated rings. The summed E-state index contributed by atoms with van der Waals surface area (Å²) >= 11 is 0. The standard InChI is InChI=1S/C17H27NO/c1-11-5-6-17(16(10-11)14(4)18)19-15-8-12(2)7-13(3)9-15/h5-6,10,12-15H,7-9,18H2,1-4H3/t12?,13?,14-,15?/m0/s1. The molecule has 0 heterocycles. The van der Waals surface area contributed by atoms with Crippen molar-refractivity contribution in [3.63, 3.8) is 0 Å². The van der Waals surface area contributed by atoms with Crippen molar-refractivity contribution in [2.75, 3.05) is 0 Å². The molecule has 19 heavy (non-hydrogen) atoms. The van der Waals surface area contributed by atoms with Crippen molar-refractivity contribution in [1.82, 2.24) is 0 Å². The number of benzene rings is 1. The number of ether oxygens (including phenoxy) is 1. The van der Waals surface area contributed by atoms with Crippen LogP contribution in [0.3, 0.4) is 0 Å². The molecule has 3 atom stereocenters. The highest BCUT2D eigenvalue weighted by Crippen LogP contribution is 2.33. The molecule has 106 valence electrons. The number of hydrogen-bond acceptors (Lipinski definition) is 2. The number of aryl methyl sites for hydroxylation is 1. The van der Waals surface area contributed by atoms with Gasteiger partial charge in [-0.25, -0.2) is 0 Å². The molecular weight excluding hydrogens is 234 g/mol. The fourth-order valence-corrected chi connectivity index (χ4v) is 3.28. The summed E-state index contributed by atoms with van der Waals surface area (Å²) in [4.78, 5) is 0. The molecule has 0 aliphatic heterocycles. The summed E-state index contributed by atoms with van der Waals surface area (Å²) in [6.07, 6.45) is 4.00. The molecule has 2 unspecified atom stereocenters. The SMILES string of the molecule is Cc1ccc(OC2CC(C)CC(C)C2)c([C@H](C)N)c1. The van der Waals surface area contributed by atoms with Crippen LogP contribution >= 0.6 is 0 Å². The van der Waals surface area contributed by atoms with Crippen LogP contribution in [0.2, 0.25) is 0 Å². The predicted octanol–water partition coefficient (Wildman–Crippen LogP) is 4.22. The molecule has 0 spiro atoms. The smallest absolute Gasteiger partial charge is 0.124 e. The van der Waals surface area contributed by atoms with Gasteiger partial charge in [-0.1, -0.05) is 31.5 Å². The van der Waals surface area contributed by atoms with E-state index in [2.05, 4.69) is 39.0 Å². The molecule has 2 rings (SSSR count). The molecule has 1 saturated carbocycles. The summed E-state index contributed by atoms with van der Waals surface area (Å²) in [5, 5.41) is 0. The zero-order valence-corrected chi connectivity index (χ0v) is 12.6. The summed E-state index contributed by atoms with van der Waals surface area (Å²) in [5.74, 6) is 2.50. The molecule has 1 aromatic rings. The minimum Gasteiger partial charge on any atom is -0.490 e. The van der Waals surface area contributed by atoms with Crippen molar-refractivity contribution >= 4 is 0 Å². The van der Waals surface area contributed by atoms with E-state index < -0.39 is 0 Å². The number of nitrogens with two attached hydrogens (primary N) is 1. The van der Waals surface area contributed by atoms with Crippen LogP contribution in [-0.2, 0) is 0 Å². The molecule has 0 amide bonds. The second-order valence-electron chi connectivity index (χ2n) is 6.49. The van der Waals surface area contributed by atoms with Crippen LogP contribution in [0.15, 0.2) is 18.2 Å². The van der Waals surface area contributed by atoms with Gasteiger partial charge >= 0.3 is 0 Å². The van der Waals surface area contributed by atoms with Crippen LogP contribution in [0.25, 0.3) is 0 Å². The Morgan fingerprint density at radius 3 is 2.37 bits per heavy atom. The van der Waals surface area contributed by atoms with E-state index in [1.54, 1.807) is 0 Å². The molecule has 2 heteroatoms. The summed E-state index contributed by atoms with van der Waals surface area (Å²) in [7, 11) is 0. The van der Waals surface area contributed by atoms with E-state index in [4.69, 9.17) is 10.5 Å². The lowest BCUT2D eigenvalue weighted by Gasteiger charge is -2.32. The van der Waals surface area contributed by atoms with Crippen LogP contribution in [0.1, 0.15) is 57.2 Å². The van der Waals surface area contributed by atoms with Gasteiger partial charge in [0.1, 0.15) is 5.75 Å². The first-order chi connectivity index (χ1) is 8.95. The Balaban J connectivity index is 2.14. The lowest BCUT2D eigenvalue weighted by molar-refractivity contribution is 0.0998. The monoisotopic (exact) mass is 261 g/mol. The van der Waals surface area contributed by atoms with Gasteiger partial charge in [0.2, 0.25) is 0 Å². The lowest BCUT2D eigenvalue weighted by Crippen LogP contribution is -2.29. The minimum absolute atomic E-state index is 0.0216. The van der Waals surface area contributed by atoms with Crippen molar-refractivity contribution in [3.05, 3.63) is 29.3 Å². The average molecular weight is 261 g/mol. The quantitative estimate of drug-likeness (QED) is 0.884. The van der Waals surface area contributed by atoms with E-state index in [9.17, 15) is 0 Å². The van der Waals surface area contributed by atoms with E-state index in [1.807, 2.05) is 6.92 Å². The van der Waals surface area contributed by atoms with Gasteiger partial charge in [0, 0.05) is 11.6 Å². The maximum atomic E-state index is 6.26. The van der Waals surface area contributed by atoms with Gasteiger partial charge in [-0.05, 0) is 51.0 Å².